The summed E-state index contributed by atoms with van der Waals surface area (Å²) in [6.45, 7) is 0.641. The van der Waals surface area contributed by atoms with Gasteiger partial charge in [0.15, 0.2) is 0 Å². The molecule has 0 bridgehead atoms. The molecular weight excluding hydrogens is 213 g/mol. The summed E-state index contributed by atoms with van der Waals surface area (Å²) >= 11 is 11.1. The second-order valence-corrected chi connectivity index (χ2v) is 3.08. The van der Waals surface area contributed by atoms with E-state index in [0.717, 1.165) is 0 Å². The zero-order chi connectivity index (χ0) is 9.68. The van der Waals surface area contributed by atoms with Gasteiger partial charge in [-0.15, -0.1) is 11.6 Å². The number of amides is 1. The van der Waals surface area contributed by atoms with Gasteiger partial charge < -0.3 is 9.88 Å². The topological polar surface area (TPSA) is 46.9 Å². The summed E-state index contributed by atoms with van der Waals surface area (Å²) in [7, 11) is 0. The highest BCUT2D eigenvalue weighted by Crippen LogP contribution is 2.03. The van der Waals surface area contributed by atoms with Crippen LogP contribution in [0.2, 0.25) is 5.28 Å². The van der Waals surface area contributed by atoms with Gasteiger partial charge in [-0.2, -0.15) is 0 Å². The van der Waals surface area contributed by atoms with E-state index in [4.69, 9.17) is 23.2 Å². The molecule has 0 radical (unpaired) electrons. The quantitative estimate of drug-likeness (QED) is 0.769. The Morgan fingerprint density at radius 1 is 1.69 bits per heavy atom. The summed E-state index contributed by atoms with van der Waals surface area (Å²) in [4.78, 5) is 14.9. The Labute approximate surface area is 85.8 Å². The molecule has 1 heterocycles. The summed E-state index contributed by atoms with van der Waals surface area (Å²) < 4.78 is 1.55. The van der Waals surface area contributed by atoms with Crippen LogP contribution in [-0.2, 0) is 11.3 Å². The van der Waals surface area contributed by atoms with Crippen molar-refractivity contribution in [2.75, 3.05) is 12.4 Å². The second kappa shape index (κ2) is 5.09. The molecule has 72 valence electrons. The van der Waals surface area contributed by atoms with Crippen molar-refractivity contribution in [3.63, 3.8) is 0 Å². The molecular formula is C7H9Cl2N3O. The number of halogens is 2. The van der Waals surface area contributed by atoms with Gasteiger partial charge in [0.2, 0.25) is 11.2 Å². The lowest BCUT2D eigenvalue weighted by Crippen LogP contribution is -2.28. The van der Waals surface area contributed by atoms with E-state index in [1.165, 1.54) is 6.20 Å². The number of nitrogens with zero attached hydrogens (tertiary/aromatic N) is 2. The van der Waals surface area contributed by atoms with Gasteiger partial charge >= 0.3 is 0 Å². The third kappa shape index (κ3) is 3.24. The highest BCUT2D eigenvalue weighted by Gasteiger charge is 2.04. The first kappa shape index (κ1) is 10.3. The number of rotatable bonds is 4. The van der Waals surface area contributed by atoms with E-state index in [1.54, 1.807) is 10.8 Å². The van der Waals surface area contributed by atoms with Crippen molar-refractivity contribution in [2.24, 2.45) is 0 Å². The number of hydrogen-bond donors (Lipinski definition) is 1. The maximum Gasteiger partial charge on any atom is 0.240 e. The van der Waals surface area contributed by atoms with E-state index in [1.807, 2.05) is 0 Å². The molecule has 0 spiro atoms. The first-order chi connectivity index (χ1) is 6.24. The molecule has 1 rings (SSSR count). The van der Waals surface area contributed by atoms with Gasteiger partial charge in [-0.05, 0) is 11.6 Å². The average molecular weight is 222 g/mol. The first-order valence-electron chi connectivity index (χ1n) is 3.73. The van der Waals surface area contributed by atoms with Crippen LogP contribution in [0.15, 0.2) is 12.4 Å². The van der Waals surface area contributed by atoms with E-state index in [9.17, 15) is 4.79 Å². The van der Waals surface area contributed by atoms with Crippen LogP contribution in [0.1, 0.15) is 0 Å². The summed E-state index contributed by atoms with van der Waals surface area (Å²) in [5.74, 6) is 0.282. The fourth-order valence-electron chi connectivity index (χ4n) is 0.826. The Morgan fingerprint density at radius 2 is 2.46 bits per heavy atom. The minimum atomic E-state index is -0.124. The number of aromatic nitrogens is 2. The fraction of sp³-hybridized carbons (Fsp3) is 0.429. The first-order valence-corrected chi connectivity index (χ1v) is 4.64. The number of carbonyl (C=O) groups excluding carboxylic acids is 1. The van der Waals surface area contributed by atoms with Gasteiger partial charge in [0.05, 0.1) is 0 Å². The van der Waals surface area contributed by atoms with Crippen molar-refractivity contribution in [1.82, 2.24) is 14.9 Å². The van der Waals surface area contributed by atoms with E-state index >= 15 is 0 Å². The molecule has 0 aliphatic carbocycles. The maximum atomic E-state index is 11.1. The van der Waals surface area contributed by atoms with Gasteiger partial charge in [-0.3, -0.25) is 4.79 Å². The largest absolute Gasteiger partial charge is 0.353 e. The number of carbonyl (C=O) groups is 1. The molecule has 0 fully saturated rings. The van der Waals surface area contributed by atoms with Crippen LogP contribution >= 0.6 is 23.2 Å². The Balaban J connectivity index is 2.41. The Bertz CT molecular complexity index is 287. The molecule has 0 aliphatic heterocycles. The molecule has 13 heavy (non-hydrogen) atoms. The minimum Gasteiger partial charge on any atom is -0.353 e. The third-order valence-corrected chi connectivity index (χ3v) is 1.90. The average Bonchev–Trinajstić information content (AvgIpc) is 2.48. The van der Waals surface area contributed by atoms with Crippen LogP contribution in [0.5, 0.6) is 0 Å². The van der Waals surface area contributed by atoms with Crippen LogP contribution in [0, 0.1) is 0 Å². The minimum absolute atomic E-state index is 0.124. The van der Waals surface area contributed by atoms with Crippen LogP contribution in [0.4, 0.5) is 0 Å². The Hall–Kier alpha value is -0.740. The number of alkyl halides is 1. The van der Waals surface area contributed by atoms with Gasteiger partial charge in [0, 0.05) is 24.8 Å². The predicted octanol–water partition coefficient (Wildman–Crippen LogP) is 0.891. The highest BCUT2D eigenvalue weighted by atomic mass is 35.5. The number of nitrogens with one attached hydrogen (secondary N) is 1. The van der Waals surface area contributed by atoms with Crippen molar-refractivity contribution in [3.8, 4) is 0 Å². The van der Waals surface area contributed by atoms with Crippen molar-refractivity contribution < 1.29 is 4.79 Å². The van der Waals surface area contributed by atoms with E-state index in [2.05, 4.69) is 10.3 Å². The standard InChI is InChI=1S/C7H9Cl2N3O/c8-1-2-10-6(13)5-12-4-3-11-7(12)9/h3-4H,1-2,5H2,(H,10,13). The molecule has 0 atom stereocenters. The van der Waals surface area contributed by atoms with Crippen LogP contribution in [-0.4, -0.2) is 27.9 Å². The molecule has 1 amide bonds. The van der Waals surface area contributed by atoms with Crippen molar-refractivity contribution in [1.29, 1.82) is 0 Å². The van der Waals surface area contributed by atoms with Crippen LogP contribution in [0.3, 0.4) is 0 Å². The molecule has 0 saturated heterocycles. The highest BCUT2D eigenvalue weighted by molar-refractivity contribution is 6.28. The number of hydrogen-bond acceptors (Lipinski definition) is 2. The van der Waals surface area contributed by atoms with Crippen LogP contribution < -0.4 is 5.32 Å². The molecule has 0 aliphatic rings. The molecule has 6 heteroatoms. The van der Waals surface area contributed by atoms with Crippen molar-refractivity contribution >= 4 is 29.1 Å². The molecule has 0 unspecified atom stereocenters. The molecule has 4 nitrogen and oxygen atoms in total. The lowest BCUT2D eigenvalue weighted by Gasteiger charge is -2.03. The van der Waals surface area contributed by atoms with Gasteiger partial charge in [-0.1, -0.05) is 0 Å². The van der Waals surface area contributed by atoms with Gasteiger partial charge in [-0.25, -0.2) is 4.98 Å². The number of imidazole rings is 1. The van der Waals surface area contributed by atoms with Crippen molar-refractivity contribution in [3.05, 3.63) is 17.7 Å². The van der Waals surface area contributed by atoms with Gasteiger partial charge in [0.1, 0.15) is 6.54 Å². The molecule has 1 N–H and O–H groups in total. The fourth-order valence-corrected chi connectivity index (χ4v) is 1.09. The van der Waals surface area contributed by atoms with Crippen LogP contribution in [0.25, 0.3) is 0 Å². The summed E-state index contributed by atoms with van der Waals surface area (Å²) in [6.07, 6.45) is 3.18. The van der Waals surface area contributed by atoms with E-state index < -0.39 is 0 Å². The Kier molecular flexibility index (Phi) is 4.05. The molecule has 1 aromatic heterocycles. The zero-order valence-electron chi connectivity index (χ0n) is 6.83. The summed E-state index contributed by atoms with van der Waals surface area (Å²) in [6, 6.07) is 0. The van der Waals surface area contributed by atoms with E-state index in [-0.39, 0.29) is 12.5 Å². The zero-order valence-corrected chi connectivity index (χ0v) is 8.35. The smallest absolute Gasteiger partial charge is 0.240 e. The lowest BCUT2D eigenvalue weighted by molar-refractivity contribution is -0.121. The van der Waals surface area contributed by atoms with E-state index in [0.29, 0.717) is 17.7 Å². The van der Waals surface area contributed by atoms with Gasteiger partial charge in [0.25, 0.3) is 0 Å². The summed E-state index contributed by atoms with van der Waals surface area (Å²) in [5.41, 5.74) is 0. The Morgan fingerprint density at radius 3 is 3.00 bits per heavy atom. The molecule has 0 aromatic carbocycles. The summed E-state index contributed by atoms with van der Waals surface area (Å²) in [5, 5.41) is 2.93. The molecule has 0 saturated carbocycles. The SMILES string of the molecule is O=C(Cn1ccnc1Cl)NCCCl. The molecule has 1 aromatic rings. The monoisotopic (exact) mass is 221 g/mol. The normalized spacial score (nSPS) is 10.0. The second-order valence-electron chi connectivity index (χ2n) is 2.36. The predicted molar refractivity (Wildman–Crippen MR) is 51.0 cm³/mol. The maximum absolute atomic E-state index is 11.1. The lowest BCUT2D eigenvalue weighted by atomic mass is 10.5. The third-order valence-electron chi connectivity index (χ3n) is 1.40. The van der Waals surface area contributed by atoms with Crippen molar-refractivity contribution in [2.45, 2.75) is 6.54 Å².